The van der Waals surface area contributed by atoms with Crippen LogP contribution in [0.15, 0.2) is 47.4 Å². The lowest BCUT2D eigenvalue weighted by molar-refractivity contribution is 0.00578. The zero-order valence-corrected chi connectivity index (χ0v) is 17.6. The molecular formula is C19H23BClNO4S. The zero-order valence-electron chi connectivity index (χ0n) is 16.0. The Morgan fingerprint density at radius 3 is 2.19 bits per heavy atom. The Bertz CT molecular complexity index is 959. The molecule has 8 heteroatoms. The highest BCUT2D eigenvalue weighted by atomic mass is 35.5. The van der Waals surface area contributed by atoms with Crippen LogP contribution in [0.5, 0.6) is 0 Å². The van der Waals surface area contributed by atoms with Crippen LogP contribution in [0, 0.1) is 6.92 Å². The third-order valence-electron chi connectivity index (χ3n) is 5.16. The molecule has 0 unspecified atom stereocenters. The Kier molecular flexibility index (Phi) is 5.10. The van der Waals surface area contributed by atoms with E-state index in [2.05, 4.69) is 4.72 Å². The second-order valence-electron chi connectivity index (χ2n) is 7.70. The highest BCUT2D eigenvalue weighted by Gasteiger charge is 2.51. The van der Waals surface area contributed by atoms with Crippen molar-refractivity contribution < 1.29 is 17.7 Å². The number of rotatable bonds is 4. The first-order valence-electron chi connectivity index (χ1n) is 8.66. The summed E-state index contributed by atoms with van der Waals surface area (Å²) in [6, 6.07) is 11.8. The van der Waals surface area contributed by atoms with Crippen molar-refractivity contribution in [3.63, 3.8) is 0 Å². The molecule has 5 nitrogen and oxygen atoms in total. The molecule has 27 heavy (non-hydrogen) atoms. The minimum Gasteiger partial charge on any atom is -0.399 e. The predicted molar refractivity (Wildman–Crippen MR) is 109 cm³/mol. The molecule has 0 saturated carbocycles. The van der Waals surface area contributed by atoms with Gasteiger partial charge in [0.05, 0.1) is 21.9 Å². The fraction of sp³-hybridized carbons (Fsp3) is 0.368. The third kappa shape index (κ3) is 3.87. The highest BCUT2D eigenvalue weighted by molar-refractivity contribution is 7.92. The zero-order chi connectivity index (χ0) is 20.0. The van der Waals surface area contributed by atoms with Gasteiger partial charge in [-0.1, -0.05) is 35.9 Å². The molecule has 0 spiro atoms. The molecule has 1 fully saturated rings. The van der Waals surface area contributed by atoms with Gasteiger partial charge in [-0.2, -0.15) is 0 Å². The van der Waals surface area contributed by atoms with Gasteiger partial charge >= 0.3 is 7.12 Å². The highest BCUT2D eigenvalue weighted by Crippen LogP contribution is 2.36. The largest absolute Gasteiger partial charge is 0.494 e. The van der Waals surface area contributed by atoms with Gasteiger partial charge in [0.15, 0.2) is 0 Å². The average Bonchev–Trinajstić information content (AvgIpc) is 2.77. The second-order valence-corrected chi connectivity index (χ2v) is 9.76. The van der Waals surface area contributed by atoms with Crippen molar-refractivity contribution in [2.75, 3.05) is 4.72 Å². The molecule has 1 saturated heterocycles. The fourth-order valence-corrected chi connectivity index (χ4v) is 4.38. The molecule has 0 atom stereocenters. The number of hydrogen-bond donors (Lipinski definition) is 1. The number of benzene rings is 2. The Balaban J connectivity index is 1.92. The van der Waals surface area contributed by atoms with Crippen LogP contribution in [0.4, 0.5) is 5.69 Å². The summed E-state index contributed by atoms with van der Waals surface area (Å²) in [7, 11) is -4.39. The summed E-state index contributed by atoms with van der Waals surface area (Å²) >= 11 is 6.05. The van der Waals surface area contributed by atoms with E-state index >= 15 is 0 Å². The SMILES string of the molecule is Cc1ccc(B2OC(C)(C)C(C)(C)O2)cc1NS(=O)(=O)c1ccccc1Cl. The number of aryl methyl sites for hydroxylation is 1. The van der Waals surface area contributed by atoms with Gasteiger partial charge in [0.25, 0.3) is 10.0 Å². The van der Waals surface area contributed by atoms with Crippen molar-refractivity contribution in [1.82, 2.24) is 0 Å². The first kappa shape index (κ1) is 20.2. The Morgan fingerprint density at radius 2 is 1.59 bits per heavy atom. The monoisotopic (exact) mass is 407 g/mol. The number of halogens is 1. The van der Waals surface area contributed by atoms with Crippen LogP contribution in [0.1, 0.15) is 33.3 Å². The van der Waals surface area contributed by atoms with Gasteiger partial charge in [-0.25, -0.2) is 8.42 Å². The van der Waals surface area contributed by atoms with Crippen molar-refractivity contribution in [2.45, 2.75) is 50.7 Å². The maximum atomic E-state index is 12.8. The van der Waals surface area contributed by atoms with Crippen molar-refractivity contribution in [2.24, 2.45) is 0 Å². The van der Waals surface area contributed by atoms with Crippen LogP contribution < -0.4 is 10.2 Å². The number of sulfonamides is 1. The van der Waals surface area contributed by atoms with Gasteiger partial charge in [-0.15, -0.1) is 0 Å². The average molecular weight is 408 g/mol. The molecule has 0 amide bonds. The standard InChI is InChI=1S/C19H23BClNO4S/c1-13-10-11-14(20-25-18(2,3)19(4,5)26-20)12-16(13)22-27(23,24)17-9-7-6-8-15(17)21/h6-12,22H,1-5H3. The molecule has 144 valence electrons. The van der Waals surface area contributed by atoms with E-state index in [0.717, 1.165) is 11.0 Å². The lowest BCUT2D eigenvalue weighted by atomic mass is 9.78. The van der Waals surface area contributed by atoms with Gasteiger partial charge in [-0.05, 0) is 63.8 Å². The summed E-state index contributed by atoms with van der Waals surface area (Å²) in [5, 5.41) is 0.171. The molecule has 1 N–H and O–H groups in total. The van der Waals surface area contributed by atoms with Crippen LogP contribution in [-0.4, -0.2) is 26.7 Å². The van der Waals surface area contributed by atoms with E-state index in [0.29, 0.717) is 5.69 Å². The maximum Gasteiger partial charge on any atom is 0.494 e. The second kappa shape index (κ2) is 6.81. The molecule has 1 aliphatic rings. The van der Waals surface area contributed by atoms with E-state index in [1.165, 1.54) is 6.07 Å². The molecule has 0 aromatic heterocycles. The van der Waals surface area contributed by atoms with Crippen LogP contribution in [-0.2, 0) is 19.3 Å². The molecule has 1 heterocycles. The van der Waals surface area contributed by atoms with Crippen molar-refractivity contribution in [1.29, 1.82) is 0 Å². The lowest BCUT2D eigenvalue weighted by Gasteiger charge is -2.32. The Labute approximate surface area is 166 Å². The number of anilines is 1. The smallest absolute Gasteiger partial charge is 0.399 e. The molecule has 0 aliphatic carbocycles. The van der Waals surface area contributed by atoms with E-state index in [9.17, 15) is 8.42 Å². The Morgan fingerprint density at radius 1 is 1.00 bits per heavy atom. The fourth-order valence-electron chi connectivity index (χ4n) is 2.74. The molecular weight excluding hydrogens is 385 g/mol. The van der Waals surface area contributed by atoms with Crippen LogP contribution >= 0.6 is 11.6 Å². The van der Waals surface area contributed by atoms with Crippen LogP contribution in [0.25, 0.3) is 0 Å². The van der Waals surface area contributed by atoms with Crippen molar-refractivity contribution in [3.8, 4) is 0 Å². The lowest BCUT2D eigenvalue weighted by Crippen LogP contribution is -2.41. The molecule has 3 rings (SSSR count). The first-order chi connectivity index (χ1) is 12.4. The van der Waals surface area contributed by atoms with Gasteiger partial charge in [0.1, 0.15) is 4.90 Å². The van der Waals surface area contributed by atoms with E-state index in [4.69, 9.17) is 20.9 Å². The van der Waals surface area contributed by atoms with Crippen LogP contribution in [0.3, 0.4) is 0 Å². The normalized spacial score (nSPS) is 18.5. The first-order valence-corrected chi connectivity index (χ1v) is 10.5. The summed E-state index contributed by atoms with van der Waals surface area (Å²) < 4.78 is 40.3. The minimum absolute atomic E-state index is 0.0344. The maximum absolute atomic E-state index is 12.8. The summed E-state index contributed by atoms with van der Waals surface area (Å²) in [5.41, 5.74) is 1.05. The van der Waals surface area contributed by atoms with E-state index in [-0.39, 0.29) is 9.92 Å². The molecule has 2 aromatic carbocycles. The molecule has 0 radical (unpaired) electrons. The summed E-state index contributed by atoms with van der Waals surface area (Å²) in [6.45, 7) is 9.73. The quantitative estimate of drug-likeness (QED) is 0.784. The van der Waals surface area contributed by atoms with Gasteiger partial charge in [0, 0.05) is 0 Å². The summed E-state index contributed by atoms with van der Waals surface area (Å²) in [4.78, 5) is 0.0344. The Hall–Kier alpha value is -1.54. The minimum atomic E-state index is -3.82. The van der Waals surface area contributed by atoms with E-state index < -0.39 is 28.3 Å². The van der Waals surface area contributed by atoms with Crippen molar-refractivity contribution >= 4 is 39.9 Å². The molecule has 2 aromatic rings. The topological polar surface area (TPSA) is 64.6 Å². The van der Waals surface area contributed by atoms with E-state index in [1.54, 1.807) is 24.3 Å². The predicted octanol–water partition coefficient (Wildman–Crippen LogP) is 3.75. The third-order valence-corrected chi connectivity index (χ3v) is 7.02. The molecule has 1 aliphatic heterocycles. The van der Waals surface area contributed by atoms with Gasteiger partial charge in [-0.3, -0.25) is 4.72 Å². The van der Waals surface area contributed by atoms with E-state index in [1.807, 2.05) is 46.8 Å². The number of hydrogen-bond acceptors (Lipinski definition) is 4. The van der Waals surface area contributed by atoms with Gasteiger partial charge in [0.2, 0.25) is 0 Å². The summed E-state index contributed by atoms with van der Waals surface area (Å²) in [5.74, 6) is 0. The van der Waals surface area contributed by atoms with Crippen LogP contribution in [0.2, 0.25) is 5.02 Å². The molecule has 0 bridgehead atoms. The summed E-state index contributed by atoms with van der Waals surface area (Å²) in [6.07, 6.45) is 0. The van der Waals surface area contributed by atoms with Gasteiger partial charge < -0.3 is 9.31 Å². The number of nitrogens with one attached hydrogen (secondary N) is 1. The van der Waals surface area contributed by atoms with Crippen molar-refractivity contribution in [3.05, 3.63) is 53.1 Å².